The van der Waals surface area contributed by atoms with Gasteiger partial charge in [0.25, 0.3) is 0 Å². The van der Waals surface area contributed by atoms with Crippen molar-refractivity contribution in [1.29, 1.82) is 0 Å². The normalized spacial score (nSPS) is 16.1. The number of likely N-dealkylation sites (tertiary alicyclic amines) is 1. The SMILES string of the molecule is O=C(O)C(F)(F)F.O=C(O)c1cccc(NC(=NCCc2ccccc2)N2CCN(CC(=O)N3CCCC3)CC2)c1. The van der Waals surface area contributed by atoms with Gasteiger partial charge in [0, 0.05) is 51.5 Å². The van der Waals surface area contributed by atoms with Gasteiger partial charge in [0.15, 0.2) is 5.96 Å². The van der Waals surface area contributed by atoms with Crippen LogP contribution in [-0.4, -0.2) is 107 Å². The van der Waals surface area contributed by atoms with Gasteiger partial charge in [-0.1, -0.05) is 36.4 Å². The summed E-state index contributed by atoms with van der Waals surface area (Å²) in [5.41, 5.74) is 2.16. The van der Waals surface area contributed by atoms with E-state index in [9.17, 15) is 27.9 Å². The Hall–Kier alpha value is -4.13. The molecule has 0 aromatic heterocycles. The summed E-state index contributed by atoms with van der Waals surface area (Å²) in [4.78, 5) is 44.0. The molecule has 0 spiro atoms. The van der Waals surface area contributed by atoms with Crippen LogP contribution in [-0.2, 0) is 16.0 Å². The molecule has 0 radical (unpaired) electrons. The summed E-state index contributed by atoms with van der Waals surface area (Å²) in [6.45, 7) is 5.95. The van der Waals surface area contributed by atoms with E-state index < -0.39 is 18.1 Å². The molecule has 2 heterocycles. The van der Waals surface area contributed by atoms with Gasteiger partial charge >= 0.3 is 18.1 Å². The number of carboxylic acids is 2. The number of benzene rings is 2. The molecule has 2 aromatic rings. The fraction of sp³-hybridized carbons (Fsp3) is 0.429. The van der Waals surface area contributed by atoms with Gasteiger partial charge in [-0.25, -0.2) is 9.59 Å². The van der Waals surface area contributed by atoms with E-state index in [1.807, 2.05) is 29.2 Å². The zero-order valence-corrected chi connectivity index (χ0v) is 22.5. The number of halogens is 3. The Kier molecular flexibility index (Phi) is 11.5. The number of hydrogen-bond donors (Lipinski definition) is 3. The predicted molar refractivity (Wildman–Crippen MR) is 147 cm³/mol. The number of piperazine rings is 1. The zero-order valence-electron chi connectivity index (χ0n) is 22.5. The molecule has 2 aliphatic heterocycles. The van der Waals surface area contributed by atoms with E-state index in [2.05, 4.69) is 27.2 Å². The van der Waals surface area contributed by atoms with Crippen molar-refractivity contribution < 1.29 is 37.8 Å². The van der Waals surface area contributed by atoms with E-state index in [1.54, 1.807) is 18.2 Å². The number of nitrogens with zero attached hydrogens (tertiary/aromatic N) is 4. The summed E-state index contributed by atoms with van der Waals surface area (Å²) in [7, 11) is 0. The maximum absolute atomic E-state index is 12.5. The largest absolute Gasteiger partial charge is 0.490 e. The van der Waals surface area contributed by atoms with E-state index in [1.165, 1.54) is 5.56 Å². The van der Waals surface area contributed by atoms with Gasteiger partial charge in [-0.05, 0) is 43.0 Å². The molecule has 2 saturated heterocycles. The summed E-state index contributed by atoms with van der Waals surface area (Å²) in [6.07, 6.45) is -2.04. The molecule has 0 atom stereocenters. The van der Waals surface area contributed by atoms with Gasteiger partial charge < -0.3 is 25.3 Å². The predicted octanol–water partition coefficient (Wildman–Crippen LogP) is 3.27. The lowest BCUT2D eigenvalue weighted by atomic mass is 10.1. The highest BCUT2D eigenvalue weighted by Gasteiger charge is 2.38. The molecule has 1 amide bonds. The molecule has 2 fully saturated rings. The van der Waals surface area contributed by atoms with E-state index in [0.29, 0.717) is 18.8 Å². The maximum Gasteiger partial charge on any atom is 0.490 e. The monoisotopic (exact) mass is 577 g/mol. The van der Waals surface area contributed by atoms with Crippen LogP contribution in [0.4, 0.5) is 18.9 Å². The molecule has 2 aromatic carbocycles. The number of carbonyl (C=O) groups is 3. The Morgan fingerprint density at radius 3 is 2.07 bits per heavy atom. The van der Waals surface area contributed by atoms with Crippen LogP contribution in [0.2, 0.25) is 0 Å². The summed E-state index contributed by atoms with van der Waals surface area (Å²) in [5, 5.41) is 19.8. The molecule has 10 nitrogen and oxygen atoms in total. The van der Waals surface area contributed by atoms with Crippen LogP contribution in [0.1, 0.15) is 28.8 Å². The van der Waals surface area contributed by atoms with Crippen molar-refractivity contribution in [2.24, 2.45) is 4.99 Å². The first-order chi connectivity index (χ1) is 19.5. The van der Waals surface area contributed by atoms with Crippen molar-refractivity contribution in [3.8, 4) is 0 Å². The first kappa shape index (κ1) is 31.4. The van der Waals surface area contributed by atoms with Crippen molar-refractivity contribution in [3.63, 3.8) is 0 Å². The third-order valence-corrected chi connectivity index (χ3v) is 6.60. The van der Waals surface area contributed by atoms with Crippen LogP contribution in [0.3, 0.4) is 0 Å². The third kappa shape index (κ3) is 10.4. The van der Waals surface area contributed by atoms with Crippen LogP contribution >= 0.6 is 0 Å². The summed E-state index contributed by atoms with van der Waals surface area (Å²) in [5.74, 6) is -2.75. The second-order valence-corrected chi connectivity index (χ2v) is 9.61. The van der Waals surface area contributed by atoms with Crippen LogP contribution in [0, 0.1) is 0 Å². The molecule has 222 valence electrons. The van der Waals surface area contributed by atoms with Gasteiger partial charge in [0.2, 0.25) is 5.91 Å². The number of aliphatic carboxylic acids is 1. The maximum atomic E-state index is 12.5. The Labute approximate surface area is 236 Å². The number of amides is 1. The molecule has 41 heavy (non-hydrogen) atoms. The van der Waals surface area contributed by atoms with Gasteiger partial charge in [-0.2, -0.15) is 13.2 Å². The molecule has 0 bridgehead atoms. The number of carbonyl (C=O) groups excluding carboxylic acids is 1. The van der Waals surface area contributed by atoms with Crippen molar-refractivity contribution in [3.05, 3.63) is 65.7 Å². The van der Waals surface area contributed by atoms with Crippen LogP contribution in [0.15, 0.2) is 59.6 Å². The first-order valence-corrected chi connectivity index (χ1v) is 13.3. The van der Waals surface area contributed by atoms with E-state index >= 15 is 0 Å². The average molecular weight is 578 g/mol. The second kappa shape index (κ2) is 15.0. The Morgan fingerprint density at radius 2 is 1.49 bits per heavy atom. The summed E-state index contributed by atoms with van der Waals surface area (Å²) < 4.78 is 31.7. The second-order valence-electron chi connectivity index (χ2n) is 9.61. The lowest BCUT2D eigenvalue weighted by Gasteiger charge is -2.36. The first-order valence-electron chi connectivity index (χ1n) is 13.3. The summed E-state index contributed by atoms with van der Waals surface area (Å²) >= 11 is 0. The molecule has 4 rings (SSSR count). The number of nitrogens with one attached hydrogen (secondary N) is 1. The number of rotatable bonds is 7. The summed E-state index contributed by atoms with van der Waals surface area (Å²) in [6, 6.07) is 17.0. The number of anilines is 1. The molecular formula is C28H34F3N5O5. The minimum Gasteiger partial charge on any atom is -0.478 e. The van der Waals surface area contributed by atoms with Crippen molar-refractivity contribution in [1.82, 2.24) is 14.7 Å². The minimum absolute atomic E-state index is 0.228. The minimum atomic E-state index is -5.08. The van der Waals surface area contributed by atoms with Crippen molar-refractivity contribution in [2.75, 3.05) is 57.7 Å². The fourth-order valence-corrected chi connectivity index (χ4v) is 4.39. The molecule has 0 saturated carbocycles. The number of aliphatic imine (C=N–C) groups is 1. The highest BCUT2D eigenvalue weighted by atomic mass is 19.4. The number of aromatic carboxylic acids is 1. The van der Waals surface area contributed by atoms with Gasteiger partial charge in [-0.15, -0.1) is 0 Å². The topological polar surface area (TPSA) is 126 Å². The fourth-order valence-electron chi connectivity index (χ4n) is 4.39. The molecule has 3 N–H and O–H groups in total. The Balaban J connectivity index is 0.000000587. The van der Waals surface area contributed by atoms with Gasteiger partial charge in [0.05, 0.1) is 12.1 Å². The lowest BCUT2D eigenvalue weighted by Crippen LogP contribution is -2.52. The van der Waals surface area contributed by atoms with E-state index in [4.69, 9.17) is 14.9 Å². The smallest absolute Gasteiger partial charge is 0.478 e. The van der Waals surface area contributed by atoms with Gasteiger partial charge in [-0.3, -0.25) is 14.7 Å². The highest BCUT2D eigenvalue weighted by molar-refractivity contribution is 5.96. The van der Waals surface area contributed by atoms with Crippen molar-refractivity contribution >= 4 is 29.5 Å². The van der Waals surface area contributed by atoms with E-state index in [0.717, 1.165) is 64.5 Å². The Bertz CT molecular complexity index is 1200. The molecule has 2 aliphatic rings. The van der Waals surface area contributed by atoms with Crippen LogP contribution in [0.5, 0.6) is 0 Å². The molecule has 0 unspecified atom stereocenters. The number of alkyl halides is 3. The highest BCUT2D eigenvalue weighted by Crippen LogP contribution is 2.15. The average Bonchev–Trinajstić information content (AvgIpc) is 3.49. The number of guanidine groups is 1. The van der Waals surface area contributed by atoms with Crippen LogP contribution in [0.25, 0.3) is 0 Å². The van der Waals surface area contributed by atoms with Crippen LogP contribution < -0.4 is 5.32 Å². The number of hydrogen-bond acceptors (Lipinski definition) is 5. The molecular weight excluding hydrogens is 543 g/mol. The molecule has 13 heteroatoms. The quantitative estimate of drug-likeness (QED) is 0.338. The standard InChI is InChI=1S/C26H33N5O3.C2HF3O2/c32-24(30-13-4-5-14-30)20-29-15-17-31(18-16-29)26(27-12-11-21-7-2-1-3-8-21)28-23-10-6-9-22(19-23)25(33)34;3-2(4,5)1(6)7/h1-3,6-10,19H,4-5,11-18,20H2,(H,27,28)(H,33,34);(H,6,7). The zero-order chi connectivity index (χ0) is 29.8. The third-order valence-electron chi connectivity index (χ3n) is 6.60. The molecule has 0 aliphatic carbocycles. The Morgan fingerprint density at radius 1 is 0.854 bits per heavy atom. The van der Waals surface area contributed by atoms with Gasteiger partial charge in [0.1, 0.15) is 0 Å². The number of carboxylic acid groups (broad SMARTS) is 2. The van der Waals surface area contributed by atoms with E-state index in [-0.39, 0.29) is 11.5 Å². The lowest BCUT2D eigenvalue weighted by molar-refractivity contribution is -0.192. The van der Waals surface area contributed by atoms with Crippen molar-refractivity contribution in [2.45, 2.75) is 25.4 Å².